The van der Waals surface area contributed by atoms with Crippen molar-refractivity contribution < 1.29 is 19.4 Å². The maximum Gasteiger partial charge on any atom is 0.321 e. The van der Waals surface area contributed by atoms with E-state index in [1.807, 2.05) is 60.9 Å². The first kappa shape index (κ1) is 21.0. The van der Waals surface area contributed by atoms with Gasteiger partial charge in [0.25, 0.3) is 0 Å². The Labute approximate surface area is 174 Å². The van der Waals surface area contributed by atoms with E-state index in [4.69, 9.17) is 4.74 Å². The van der Waals surface area contributed by atoms with Crippen LogP contribution in [0.15, 0.2) is 59.6 Å². The van der Waals surface area contributed by atoms with Crippen LogP contribution in [0.5, 0.6) is 0 Å². The number of benzene rings is 2. The van der Waals surface area contributed by atoms with Crippen LogP contribution in [0.2, 0.25) is 0 Å². The number of fused-ring (bicyclic) bond motifs is 1. The number of carbonyl (C=O) groups is 2. The number of carbonyl (C=O) groups excluding carboxylic acids is 1. The van der Waals surface area contributed by atoms with E-state index in [1.165, 1.54) is 11.8 Å². The van der Waals surface area contributed by atoms with Crippen molar-refractivity contribution in [3.05, 3.63) is 65.7 Å². The lowest BCUT2D eigenvalue weighted by Crippen LogP contribution is -2.36. The van der Waals surface area contributed by atoms with E-state index in [9.17, 15) is 14.7 Å². The first-order valence-corrected chi connectivity index (χ1v) is 10.6. The van der Waals surface area contributed by atoms with E-state index < -0.39 is 29.4 Å². The van der Waals surface area contributed by atoms with E-state index >= 15 is 0 Å². The van der Waals surface area contributed by atoms with Crippen LogP contribution in [0, 0.1) is 5.92 Å². The lowest BCUT2D eigenvalue weighted by molar-refractivity contribution is -0.167. The number of hydrogen-bond donors (Lipinski definition) is 2. The van der Waals surface area contributed by atoms with Crippen molar-refractivity contribution in [3.8, 4) is 0 Å². The predicted molar refractivity (Wildman–Crippen MR) is 115 cm³/mol. The minimum atomic E-state index is -1.37. The average molecular weight is 412 g/mol. The molecule has 0 radical (unpaired) electrons. The van der Waals surface area contributed by atoms with E-state index in [-0.39, 0.29) is 0 Å². The molecule has 5 nitrogen and oxygen atoms in total. The number of para-hydroxylation sites is 1. The smallest absolute Gasteiger partial charge is 0.321 e. The summed E-state index contributed by atoms with van der Waals surface area (Å²) in [4.78, 5) is 28.7. The zero-order valence-electron chi connectivity index (χ0n) is 16.9. The van der Waals surface area contributed by atoms with Gasteiger partial charge in [-0.05, 0) is 38.7 Å². The molecule has 2 unspecified atom stereocenters. The van der Waals surface area contributed by atoms with Gasteiger partial charge in [-0.3, -0.25) is 9.59 Å². The van der Waals surface area contributed by atoms with Crippen molar-refractivity contribution in [1.29, 1.82) is 0 Å². The summed E-state index contributed by atoms with van der Waals surface area (Å²) >= 11 is 1.50. The average Bonchev–Trinajstić information content (AvgIpc) is 3.03. The van der Waals surface area contributed by atoms with Crippen LogP contribution in [0.4, 0.5) is 0 Å². The normalized spacial score (nSPS) is 13.8. The number of aromatic nitrogens is 1. The zero-order valence-corrected chi connectivity index (χ0v) is 17.7. The van der Waals surface area contributed by atoms with E-state index in [0.717, 1.165) is 27.1 Å². The summed E-state index contributed by atoms with van der Waals surface area (Å²) in [7, 11) is 0. The van der Waals surface area contributed by atoms with Crippen molar-refractivity contribution in [2.75, 3.05) is 6.26 Å². The predicted octanol–water partition coefficient (Wildman–Crippen LogP) is 5.06. The molecule has 29 heavy (non-hydrogen) atoms. The number of nitrogens with one attached hydrogen (secondary N) is 1. The molecular weight excluding hydrogens is 386 g/mol. The largest absolute Gasteiger partial charge is 0.481 e. The third kappa shape index (κ3) is 4.48. The molecule has 3 aromatic rings. The number of esters is 1. The molecule has 0 aliphatic carbocycles. The van der Waals surface area contributed by atoms with Crippen molar-refractivity contribution >= 4 is 34.6 Å². The molecule has 0 amide bonds. The standard InChI is InChI=1S/C23H25NO4S/c1-23(2,3)28-22(27)19(21(25)26)17(14-10-6-5-7-11-14)18-15-12-8-9-13-16(15)24-20(18)29-4/h5-13,17,19,24H,1-4H3,(H,25,26). The topological polar surface area (TPSA) is 79.4 Å². The number of H-pyrrole nitrogens is 1. The van der Waals surface area contributed by atoms with Crippen LogP contribution in [0.3, 0.4) is 0 Å². The highest BCUT2D eigenvalue weighted by Gasteiger charge is 2.42. The second-order valence-corrected chi connectivity index (χ2v) is 8.67. The van der Waals surface area contributed by atoms with Gasteiger partial charge < -0.3 is 14.8 Å². The van der Waals surface area contributed by atoms with Crippen molar-refractivity contribution in [2.45, 2.75) is 37.3 Å². The molecule has 0 fully saturated rings. The molecule has 6 heteroatoms. The summed E-state index contributed by atoms with van der Waals surface area (Å²) in [5.41, 5.74) is 1.68. The van der Waals surface area contributed by atoms with Crippen molar-refractivity contribution in [3.63, 3.8) is 0 Å². The van der Waals surface area contributed by atoms with E-state index in [2.05, 4.69) is 4.98 Å². The number of rotatable bonds is 6. The number of thioether (sulfide) groups is 1. The van der Waals surface area contributed by atoms with E-state index in [1.54, 1.807) is 20.8 Å². The Morgan fingerprint density at radius 2 is 1.66 bits per heavy atom. The number of carboxylic acid groups (broad SMARTS) is 1. The summed E-state index contributed by atoms with van der Waals surface area (Å²) < 4.78 is 5.51. The van der Waals surface area contributed by atoms with Gasteiger partial charge in [-0.1, -0.05) is 48.5 Å². The minimum absolute atomic E-state index is 0.692. The fourth-order valence-electron chi connectivity index (χ4n) is 3.54. The molecule has 0 aliphatic rings. The van der Waals surface area contributed by atoms with Gasteiger partial charge in [0.1, 0.15) is 5.60 Å². The molecule has 0 spiro atoms. The maximum atomic E-state index is 13.0. The van der Waals surface area contributed by atoms with Gasteiger partial charge >= 0.3 is 11.9 Å². The summed E-state index contributed by atoms with van der Waals surface area (Å²) in [6, 6.07) is 17.0. The Balaban J connectivity index is 2.26. The maximum absolute atomic E-state index is 13.0. The Kier molecular flexibility index (Phi) is 6.03. The molecule has 152 valence electrons. The van der Waals surface area contributed by atoms with Crippen LogP contribution >= 0.6 is 11.8 Å². The molecule has 3 rings (SSSR count). The first-order chi connectivity index (χ1) is 13.7. The molecule has 2 atom stereocenters. The number of carboxylic acids is 1. The number of aliphatic carboxylic acids is 1. The fourth-order valence-corrected chi connectivity index (χ4v) is 4.21. The van der Waals surface area contributed by atoms with Gasteiger partial charge in [-0.2, -0.15) is 0 Å². The first-order valence-electron chi connectivity index (χ1n) is 9.38. The summed E-state index contributed by atoms with van der Waals surface area (Å²) in [6.07, 6.45) is 1.93. The van der Waals surface area contributed by atoms with Gasteiger partial charge in [0.15, 0.2) is 5.92 Å². The van der Waals surface area contributed by atoms with Crippen LogP contribution in [-0.2, 0) is 14.3 Å². The summed E-state index contributed by atoms with van der Waals surface area (Å²) in [5.74, 6) is -4.01. The third-order valence-electron chi connectivity index (χ3n) is 4.64. The Morgan fingerprint density at radius 3 is 2.24 bits per heavy atom. The molecule has 2 N–H and O–H groups in total. The molecule has 0 bridgehead atoms. The number of hydrogen-bond acceptors (Lipinski definition) is 4. The molecule has 1 heterocycles. The van der Waals surface area contributed by atoms with Crippen LogP contribution in [0.1, 0.15) is 37.8 Å². The SMILES string of the molecule is CSc1[nH]c2ccccc2c1C(c1ccccc1)C(C(=O)O)C(=O)OC(C)(C)C. The fraction of sp³-hybridized carbons (Fsp3) is 0.304. The zero-order chi connectivity index (χ0) is 21.2. The number of aromatic amines is 1. The van der Waals surface area contributed by atoms with Crippen LogP contribution in [0.25, 0.3) is 10.9 Å². The molecule has 1 aromatic heterocycles. The van der Waals surface area contributed by atoms with Gasteiger partial charge in [0, 0.05) is 22.4 Å². The molecule has 0 aliphatic heterocycles. The highest BCUT2D eigenvalue weighted by molar-refractivity contribution is 7.98. The summed E-state index contributed by atoms with van der Waals surface area (Å²) in [5, 5.41) is 11.8. The molecule has 0 saturated carbocycles. The van der Waals surface area contributed by atoms with Crippen LogP contribution in [-0.4, -0.2) is 33.9 Å². The van der Waals surface area contributed by atoms with Gasteiger partial charge in [-0.15, -0.1) is 11.8 Å². The highest BCUT2D eigenvalue weighted by atomic mass is 32.2. The Morgan fingerprint density at radius 1 is 1.03 bits per heavy atom. The number of ether oxygens (including phenoxy) is 1. The molecule has 0 saturated heterocycles. The van der Waals surface area contributed by atoms with Gasteiger partial charge in [0.05, 0.1) is 5.03 Å². The molecule has 2 aromatic carbocycles. The molecular formula is C23H25NO4S. The van der Waals surface area contributed by atoms with Crippen LogP contribution < -0.4 is 0 Å². The summed E-state index contributed by atoms with van der Waals surface area (Å²) in [6.45, 7) is 5.21. The lowest BCUT2D eigenvalue weighted by Gasteiger charge is -2.28. The third-order valence-corrected chi connectivity index (χ3v) is 5.37. The lowest BCUT2D eigenvalue weighted by atomic mass is 9.80. The second-order valence-electron chi connectivity index (χ2n) is 7.86. The van der Waals surface area contributed by atoms with Crippen molar-refractivity contribution in [2.24, 2.45) is 5.92 Å². The second kappa shape index (κ2) is 8.33. The van der Waals surface area contributed by atoms with E-state index in [0.29, 0.717) is 0 Å². The van der Waals surface area contributed by atoms with Gasteiger partial charge in [0.2, 0.25) is 0 Å². The Hall–Kier alpha value is -2.73. The highest BCUT2D eigenvalue weighted by Crippen LogP contribution is 2.42. The Bertz CT molecular complexity index is 1020. The van der Waals surface area contributed by atoms with Crippen molar-refractivity contribution in [1.82, 2.24) is 4.98 Å². The quantitative estimate of drug-likeness (QED) is 0.337. The van der Waals surface area contributed by atoms with Gasteiger partial charge in [-0.25, -0.2) is 0 Å². The minimum Gasteiger partial charge on any atom is -0.481 e. The monoisotopic (exact) mass is 411 g/mol.